The number of benzene rings is 1. The van der Waals surface area contributed by atoms with Crippen LogP contribution in [0.25, 0.3) is 0 Å². The van der Waals surface area contributed by atoms with Crippen LogP contribution in [0.15, 0.2) is 16.6 Å². The fourth-order valence-electron chi connectivity index (χ4n) is 2.61. The molecule has 20 heavy (non-hydrogen) atoms. The molecular formula is C16H24BrNO2. The number of halogens is 1. The molecule has 0 radical (unpaired) electrons. The van der Waals surface area contributed by atoms with Crippen molar-refractivity contribution < 1.29 is 9.47 Å². The van der Waals surface area contributed by atoms with E-state index in [1.807, 2.05) is 0 Å². The average Bonchev–Trinajstić information content (AvgIpc) is 2.86. The molecule has 1 aromatic rings. The summed E-state index contributed by atoms with van der Waals surface area (Å²) in [6.45, 7) is 6.99. The van der Waals surface area contributed by atoms with Crippen LogP contribution in [-0.2, 0) is 17.6 Å². The van der Waals surface area contributed by atoms with E-state index in [-0.39, 0.29) is 0 Å². The Morgan fingerprint density at radius 1 is 1.40 bits per heavy atom. The molecule has 0 amide bonds. The van der Waals surface area contributed by atoms with Crippen LogP contribution in [-0.4, -0.2) is 32.9 Å². The van der Waals surface area contributed by atoms with Gasteiger partial charge in [0.2, 0.25) is 0 Å². The van der Waals surface area contributed by atoms with Crippen LogP contribution in [0.2, 0.25) is 0 Å². The smallest absolute Gasteiger partial charge is 0.125 e. The topological polar surface area (TPSA) is 30.5 Å². The molecule has 0 saturated heterocycles. The number of methoxy groups -OCH3 is 1. The van der Waals surface area contributed by atoms with Crippen LogP contribution >= 0.6 is 15.9 Å². The molecule has 2 unspecified atom stereocenters. The Morgan fingerprint density at radius 3 is 2.95 bits per heavy atom. The molecule has 3 nitrogen and oxygen atoms in total. The molecule has 0 aromatic heterocycles. The molecule has 1 aliphatic rings. The first kappa shape index (κ1) is 15.8. The second-order valence-corrected chi connectivity index (χ2v) is 6.48. The van der Waals surface area contributed by atoms with E-state index in [4.69, 9.17) is 9.47 Å². The second kappa shape index (κ2) is 7.43. The summed E-state index contributed by atoms with van der Waals surface area (Å²) < 4.78 is 12.0. The van der Waals surface area contributed by atoms with Crippen molar-refractivity contribution in [3.05, 3.63) is 27.7 Å². The van der Waals surface area contributed by atoms with Crippen molar-refractivity contribution in [2.45, 2.75) is 32.7 Å². The molecule has 112 valence electrons. The van der Waals surface area contributed by atoms with Crippen molar-refractivity contribution in [3.8, 4) is 5.75 Å². The Labute approximate surface area is 130 Å². The highest BCUT2D eigenvalue weighted by atomic mass is 79.9. The number of hydrogen-bond acceptors (Lipinski definition) is 3. The van der Waals surface area contributed by atoms with Gasteiger partial charge < -0.3 is 14.8 Å². The zero-order chi connectivity index (χ0) is 14.5. The van der Waals surface area contributed by atoms with E-state index in [1.165, 1.54) is 11.1 Å². The summed E-state index contributed by atoms with van der Waals surface area (Å²) in [5.41, 5.74) is 2.65. The van der Waals surface area contributed by atoms with Gasteiger partial charge in [-0.2, -0.15) is 0 Å². The van der Waals surface area contributed by atoms with E-state index in [2.05, 4.69) is 47.2 Å². The first-order valence-corrected chi connectivity index (χ1v) is 8.07. The van der Waals surface area contributed by atoms with E-state index in [0.29, 0.717) is 12.0 Å². The monoisotopic (exact) mass is 341 g/mol. The molecule has 1 heterocycles. The van der Waals surface area contributed by atoms with E-state index in [1.54, 1.807) is 7.11 Å². The van der Waals surface area contributed by atoms with E-state index in [0.717, 1.165) is 42.8 Å². The van der Waals surface area contributed by atoms with Crippen LogP contribution in [0.1, 0.15) is 25.0 Å². The van der Waals surface area contributed by atoms with Gasteiger partial charge in [0.05, 0.1) is 13.2 Å². The van der Waals surface area contributed by atoms with Gasteiger partial charge in [-0.3, -0.25) is 0 Å². The maximum atomic E-state index is 5.80. The Bertz CT molecular complexity index is 450. The zero-order valence-electron chi connectivity index (χ0n) is 12.5. The Balaban J connectivity index is 1.99. The molecule has 1 N–H and O–H groups in total. The lowest BCUT2D eigenvalue weighted by Gasteiger charge is -2.22. The standard InChI is InChI=1S/C16H24BrNO2/c1-11(12(2)18-5-7-19-3)8-14-10-15(17)9-13-4-6-20-16(13)14/h9-12,18H,4-8H2,1-3H3. The van der Waals surface area contributed by atoms with Gasteiger partial charge in [0, 0.05) is 30.6 Å². The summed E-state index contributed by atoms with van der Waals surface area (Å²) in [7, 11) is 1.73. The quantitative estimate of drug-likeness (QED) is 0.772. The number of hydrogen-bond donors (Lipinski definition) is 1. The number of rotatable bonds is 7. The molecule has 4 heteroatoms. The van der Waals surface area contributed by atoms with Crippen molar-refractivity contribution in [2.24, 2.45) is 5.92 Å². The van der Waals surface area contributed by atoms with Gasteiger partial charge in [-0.15, -0.1) is 0 Å². The van der Waals surface area contributed by atoms with Crippen molar-refractivity contribution >= 4 is 15.9 Å². The summed E-state index contributed by atoms with van der Waals surface area (Å²) in [5, 5.41) is 3.51. The first-order valence-electron chi connectivity index (χ1n) is 7.28. The highest BCUT2D eigenvalue weighted by molar-refractivity contribution is 9.10. The van der Waals surface area contributed by atoms with Gasteiger partial charge in [-0.25, -0.2) is 0 Å². The molecule has 0 saturated carbocycles. The van der Waals surface area contributed by atoms with Gasteiger partial charge >= 0.3 is 0 Å². The Morgan fingerprint density at radius 2 is 2.20 bits per heavy atom. The molecule has 2 atom stereocenters. The van der Waals surface area contributed by atoms with Gasteiger partial charge in [-0.1, -0.05) is 22.9 Å². The van der Waals surface area contributed by atoms with Crippen LogP contribution in [0.5, 0.6) is 5.75 Å². The van der Waals surface area contributed by atoms with Crippen molar-refractivity contribution in [3.63, 3.8) is 0 Å². The second-order valence-electron chi connectivity index (χ2n) is 5.57. The fourth-order valence-corrected chi connectivity index (χ4v) is 3.16. The summed E-state index contributed by atoms with van der Waals surface area (Å²) >= 11 is 3.61. The number of nitrogens with one attached hydrogen (secondary N) is 1. The first-order chi connectivity index (χ1) is 9.61. The highest BCUT2D eigenvalue weighted by Crippen LogP contribution is 2.34. The lowest BCUT2D eigenvalue weighted by molar-refractivity contribution is 0.192. The van der Waals surface area contributed by atoms with Gasteiger partial charge in [-0.05, 0) is 42.5 Å². The lowest BCUT2D eigenvalue weighted by atomic mass is 9.93. The van der Waals surface area contributed by atoms with Crippen molar-refractivity contribution in [1.82, 2.24) is 5.32 Å². The lowest BCUT2D eigenvalue weighted by Crippen LogP contribution is -2.35. The average molecular weight is 342 g/mol. The molecule has 0 bridgehead atoms. The molecule has 0 spiro atoms. The summed E-state index contributed by atoms with van der Waals surface area (Å²) in [5.74, 6) is 1.67. The van der Waals surface area contributed by atoms with Gasteiger partial charge in [0.1, 0.15) is 5.75 Å². The van der Waals surface area contributed by atoms with Crippen molar-refractivity contribution in [2.75, 3.05) is 26.9 Å². The number of ether oxygens (including phenoxy) is 2. The predicted molar refractivity (Wildman–Crippen MR) is 85.5 cm³/mol. The minimum absolute atomic E-state index is 0.459. The maximum absolute atomic E-state index is 5.80. The van der Waals surface area contributed by atoms with Crippen LogP contribution in [0, 0.1) is 5.92 Å². The van der Waals surface area contributed by atoms with Crippen LogP contribution < -0.4 is 10.1 Å². The van der Waals surface area contributed by atoms with Gasteiger partial charge in [0.25, 0.3) is 0 Å². The molecule has 0 aliphatic carbocycles. The maximum Gasteiger partial charge on any atom is 0.125 e. The van der Waals surface area contributed by atoms with Crippen molar-refractivity contribution in [1.29, 1.82) is 0 Å². The van der Waals surface area contributed by atoms with Crippen LogP contribution in [0.4, 0.5) is 0 Å². The molecule has 1 aliphatic heterocycles. The predicted octanol–water partition coefficient (Wildman–Crippen LogP) is 3.19. The molecular weight excluding hydrogens is 318 g/mol. The Hall–Kier alpha value is -0.580. The summed E-state index contributed by atoms with van der Waals surface area (Å²) in [6.07, 6.45) is 2.06. The third-order valence-corrected chi connectivity index (χ3v) is 4.45. The SMILES string of the molecule is COCCNC(C)C(C)Cc1cc(Br)cc2c1OCC2. The summed E-state index contributed by atoms with van der Waals surface area (Å²) in [6, 6.07) is 4.83. The minimum Gasteiger partial charge on any atom is -0.493 e. The fraction of sp³-hybridized carbons (Fsp3) is 0.625. The number of fused-ring (bicyclic) bond motifs is 1. The van der Waals surface area contributed by atoms with Crippen LogP contribution in [0.3, 0.4) is 0 Å². The Kier molecular flexibility index (Phi) is 5.87. The highest BCUT2D eigenvalue weighted by Gasteiger charge is 2.20. The summed E-state index contributed by atoms with van der Waals surface area (Å²) in [4.78, 5) is 0. The zero-order valence-corrected chi connectivity index (χ0v) is 14.1. The van der Waals surface area contributed by atoms with E-state index < -0.39 is 0 Å². The van der Waals surface area contributed by atoms with E-state index in [9.17, 15) is 0 Å². The van der Waals surface area contributed by atoms with Gasteiger partial charge in [0.15, 0.2) is 0 Å². The molecule has 2 rings (SSSR count). The normalized spacial score (nSPS) is 16.6. The molecule has 1 aromatic carbocycles. The largest absolute Gasteiger partial charge is 0.493 e. The third kappa shape index (κ3) is 3.96. The molecule has 0 fully saturated rings. The van der Waals surface area contributed by atoms with E-state index >= 15 is 0 Å². The third-order valence-electron chi connectivity index (χ3n) is 3.99. The minimum atomic E-state index is 0.459.